The molecule has 0 bridgehead atoms. The largest absolute Gasteiger partial charge is 0.360 e. The van der Waals surface area contributed by atoms with Gasteiger partial charge in [0.15, 0.2) is 0 Å². The molecule has 6 nitrogen and oxygen atoms in total. The van der Waals surface area contributed by atoms with E-state index in [-0.39, 0.29) is 16.7 Å². The third-order valence-electron chi connectivity index (χ3n) is 2.99. The van der Waals surface area contributed by atoms with E-state index in [1.807, 2.05) is 14.1 Å². The molecule has 0 aliphatic rings. The zero-order valence-electron chi connectivity index (χ0n) is 12.9. The van der Waals surface area contributed by atoms with E-state index in [1.54, 1.807) is 19.2 Å². The molecule has 1 rings (SSSR count). The lowest BCUT2D eigenvalue weighted by Gasteiger charge is -2.24. The Morgan fingerprint density at radius 1 is 1.45 bits per heavy atom. The van der Waals surface area contributed by atoms with Crippen molar-refractivity contribution in [3.05, 3.63) is 27.9 Å². The molecule has 1 aromatic rings. The highest BCUT2D eigenvalue weighted by molar-refractivity contribution is 5.60. The van der Waals surface area contributed by atoms with Gasteiger partial charge in [-0.3, -0.25) is 10.1 Å². The molecule has 0 aliphatic heterocycles. The van der Waals surface area contributed by atoms with Crippen molar-refractivity contribution in [3.8, 4) is 0 Å². The first kappa shape index (κ1) is 16.4. The van der Waals surface area contributed by atoms with Crippen molar-refractivity contribution < 1.29 is 4.92 Å². The van der Waals surface area contributed by atoms with Crippen LogP contribution in [0.15, 0.2) is 12.3 Å². The molecule has 0 saturated heterocycles. The third kappa shape index (κ3) is 4.77. The quantitative estimate of drug-likeness (QED) is 0.614. The van der Waals surface area contributed by atoms with Crippen molar-refractivity contribution in [1.29, 1.82) is 0 Å². The van der Waals surface area contributed by atoms with Crippen LogP contribution in [0.1, 0.15) is 25.8 Å². The molecule has 1 atom stereocenters. The second kappa shape index (κ2) is 7.19. The molecule has 20 heavy (non-hydrogen) atoms. The second-order valence-corrected chi connectivity index (χ2v) is 5.82. The molecule has 0 fully saturated rings. The number of aryl methyl sites for hydroxylation is 1. The maximum absolute atomic E-state index is 11.2. The van der Waals surface area contributed by atoms with E-state index in [2.05, 4.69) is 29.0 Å². The molecule has 6 heteroatoms. The van der Waals surface area contributed by atoms with Gasteiger partial charge in [-0.15, -0.1) is 0 Å². The minimum Gasteiger partial charge on any atom is -0.360 e. The summed E-state index contributed by atoms with van der Waals surface area (Å²) in [5.41, 5.74) is 0.695. The van der Waals surface area contributed by atoms with Crippen LogP contribution in [0, 0.1) is 23.0 Å². The van der Waals surface area contributed by atoms with Gasteiger partial charge in [0.1, 0.15) is 0 Å². The normalized spacial score (nSPS) is 12.8. The zero-order valence-corrected chi connectivity index (χ0v) is 12.9. The minimum absolute atomic E-state index is 0.0695. The smallest absolute Gasteiger partial charge is 0.314 e. The summed E-state index contributed by atoms with van der Waals surface area (Å²) in [4.78, 5) is 17.0. The fraction of sp³-hybridized carbons (Fsp3) is 0.643. The van der Waals surface area contributed by atoms with E-state index >= 15 is 0 Å². The summed E-state index contributed by atoms with van der Waals surface area (Å²) in [6.07, 6.45) is 2.54. The maximum Gasteiger partial charge on any atom is 0.314 e. The number of nitro groups is 1. The van der Waals surface area contributed by atoms with Crippen molar-refractivity contribution in [3.63, 3.8) is 0 Å². The van der Waals surface area contributed by atoms with E-state index < -0.39 is 0 Å². The van der Waals surface area contributed by atoms with Gasteiger partial charge >= 0.3 is 5.69 Å². The molecular weight excluding hydrogens is 256 g/mol. The fourth-order valence-corrected chi connectivity index (χ4v) is 2.27. The number of likely N-dealkylation sites (N-methyl/N-ethyl adjacent to an activating group) is 1. The standard InChI is InChI=1S/C14H24N4O2/c1-10(2)8-12(9-17(4)5)16-14-13(18(19)20)11(3)6-7-15-14/h6-7,10,12H,8-9H2,1-5H3,(H,15,16). The lowest BCUT2D eigenvalue weighted by Crippen LogP contribution is -2.34. The molecule has 1 aromatic heterocycles. The van der Waals surface area contributed by atoms with Crippen LogP contribution in [0.25, 0.3) is 0 Å². The Balaban J connectivity index is 2.98. The Labute approximate surface area is 120 Å². The monoisotopic (exact) mass is 280 g/mol. The first-order chi connectivity index (χ1) is 9.31. The number of anilines is 1. The molecule has 1 heterocycles. The van der Waals surface area contributed by atoms with Crippen molar-refractivity contribution in [2.75, 3.05) is 26.0 Å². The molecule has 0 aromatic carbocycles. The Kier molecular flexibility index (Phi) is 5.88. The number of rotatable bonds is 7. The summed E-state index contributed by atoms with van der Waals surface area (Å²) in [6.45, 7) is 6.82. The van der Waals surface area contributed by atoms with Crippen LogP contribution in [0.3, 0.4) is 0 Å². The minimum atomic E-state index is -0.368. The number of pyridine rings is 1. The van der Waals surface area contributed by atoms with Crippen molar-refractivity contribution in [2.45, 2.75) is 33.2 Å². The summed E-state index contributed by atoms with van der Waals surface area (Å²) in [7, 11) is 3.99. The highest BCUT2D eigenvalue weighted by Gasteiger charge is 2.21. The number of hydrogen-bond acceptors (Lipinski definition) is 5. The number of hydrogen-bond donors (Lipinski definition) is 1. The van der Waals surface area contributed by atoms with Crippen molar-refractivity contribution in [2.24, 2.45) is 5.92 Å². The Morgan fingerprint density at radius 3 is 2.60 bits per heavy atom. The number of nitrogens with zero attached hydrogens (tertiary/aromatic N) is 3. The number of aromatic nitrogens is 1. The molecule has 1 N–H and O–H groups in total. The average molecular weight is 280 g/mol. The second-order valence-electron chi connectivity index (χ2n) is 5.82. The Morgan fingerprint density at radius 2 is 2.10 bits per heavy atom. The van der Waals surface area contributed by atoms with Crippen molar-refractivity contribution in [1.82, 2.24) is 9.88 Å². The molecule has 0 radical (unpaired) electrons. The van der Waals surface area contributed by atoms with Crippen LogP contribution in [-0.2, 0) is 0 Å². The van der Waals surface area contributed by atoms with E-state index in [0.717, 1.165) is 13.0 Å². The van der Waals surface area contributed by atoms with Gasteiger partial charge in [-0.2, -0.15) is 0 Å². The van der Waals surface area contributed by atoms with Crippen LogP contribution in [0.5, 0.6) is 0 Å². The number of nitrogens with one attached hydrogen (secondary N) is 1. The lowest BCUT2D eigenvalue weighted by molar-refractivity contribution is -0.384. The summed E-state index contributed by atoms with van der Waals surface area (Å²) < 4.78 is 0. The fourth-order valence-electron chi connectivity index (χ4n) is 2.27. The molecule has 0 spiro atoms. The van der Waals surface area contributed by atoms with E-state index in [1.165, 1.54) is 0 Å². The first-order valence-corrected chi connectivity index (χ1v) is 6.82. The van der Waals surface area contributed by atoms with Gasteiger partial charge in [0, 0.05) is 24.3 Å². The van der Waals surface area contributed by atoms with Gasteiger partial charge in [0.25, 0.3) is 0 Å². The van der Waals surface area contributed by atoms with Gasteiger partial charge < -0.3 is 10.2 Å². The van der Waals surface area contributed by atoms with Crippen LogP contribution in [-0.4, -0.2) is 41.5 Å². The van der Waals surface area contributed by atoms with Gasteiger partial charge in [0.2, 0.25) is 5.82 Å². The zero-order chi connectivity index (χ0) is 15.3. The summed E-state index contributed by atoms with van der Waals surface area (Å²) in [6, 6.07) is 1.80. The Hall–Kier alpha value is -1.69. The molecule has 0 aliphatic carbocycles. The van der Waals surface area contributed by atoms with E-state index in [9.17, 15) is 10.1 Å². The SMILES string of the molecule is Cc1ccnc(NC(CC(C)C)CN(C)C)c1[N+](=O)[O-]. The van der Waals surface area contributed by atoms with Crippen LogP contribution < -0.4 is 5.32 Å². The van der Waals surface area contributed by atoms with Crippen LogP contribution in [0.2, 0.25) is 0 Å². The van der Waals surface area contributed by atoms with Gasteiger partial charge in [-0.05, 0) is 39.4 Å². The average Bonchev–Trinajstić information content (AvgIpc) is 2.26. The summed E-state index contributed by atoms with van der Waals surface area (Å²) in [5.74, 6) is 0.874. The van der Waals surface area contributed by atoms with Gasteiger partial charge in [-0.1, -0.05) is 13.8 Å². The third-order valence-corrected chi connectivity index (χ3v) is 2.99. The van der Waals surface area contributed by atoms with E-state index in [0.29, 0.717) is 17.3 Å². The predicted molar refractivity (Wildman–Crippen MR) is 81.0 cm³/mol. The predicted octanol–water partition coefficient (Wildman–Crippen LogP) is 2.69. The van der Waals surface area contributed by atoms with Gasteiger partial charge in [-0.25, -0.2) is 4.98 Å². The molecule has 112 valence electrons. The Bertz CT molecular complexity index is 450. The first-order valence-electron chi connectivity index (χ1n) is 6.82. The van der Waals surface area contributed by atoms with Crippen LogP contribution in [0.4, 0.5) is 11.5 Å². The molecule has 0 amide bonds. The maximum atomic E-state index is 11.2. The molecule has 1 unspecified atom stereocenters. The van der Waals surface area contributed by atoms with Crippen molar-refractivity contribution >= 4 is 11.5 Å². The summed E-state index contributed by atoms with van der Waals surface area (Å²) >= 11 is 0. The molecular formula is C14H24N4O2. The molecule has 0 saturated carbocycles. The van der Waals surface area contributed by atoms with Crippen LogP contribution >= 0.6 is 0 Å². The lowest BCUT2D eigenvalue weighted by atomic mass is 10.0. The summed E-state index contributed by atoms with van der Waals surface area (Å²) in [5, 5.41) is 14.4. The topological polar surface area (TPSA) is 71.3 Å². The highest BCUT2D eigenvalue weighted by Crippen LogP contribution is 2.26. The van der Waals surface area contributed by atoms with Gasteiger partial charge in [0.05, 0.1) is 4.92 Å². The highest BCUT2D eigenvalue weighted by atomic mass is 16.6. The van der Waals surface area contributed by atoms with E-state index in [4.69, 9.17) is 0 Å².